The summed E-state index contributed by atoms with van der Waals surface area (Å²) in [6.07, 6.45) is 4.47. The Labute approximate surface area is 121 Å². The lowest BCUT2D eigenvalue weighted by Crippen LogP contribution is -1.94. The van der Waals surface area contributed by atoms with E-state index in [2.05, 4.69) is 15.0 Å². The van der Waals surface area contributed by atoms with Crippen LogP contribution < -0.4 is 4.74 Å². The van der Waals surface area contributed by atoms with E-state index in [4.69, 9.17) is 16.3 Å². The van der Waals surface area contributed by atoms with Gasteiger partial charge in [0, 0.05) is 23.7 Å². The summed E-state index contributed by atoms with van der Waals surface area (Å²) < 4.78 is 5.23. The predicted molar refractivity (Wildman–Crippen MR) is 79.4 cm³/mol. The minimum atomic E-state index is 0.522. The molecule has 3 heterocycles. The highest BCUT2D eigenvalue weighted by molar-refractivity contribution is 6.29. The number of aromatic nitrogens is 3. The van der Waals surface area contributed by atoms with E-state index < -0.39 is 0 Å². The molecule has 0 radical (unpaired) electrons. The summed E-state index contributed by atoms with van der Waals surface area (Å²) >= 11 is 5.89. The minimum Gasteiger partial charge on any atom is -0.495 e. The molecular weight excluding hydrogens is 274 g/mol. The molecule has 0 spiro atoms. The SMILES string of the molecule is COc1cnc2[nH]cc(Cc3ccc(Cl)nc3C)c2c1. The zero-order valence-corrected chi connectivity index (χ0v) is 12.0. The molecule has 5 heteroatoms. The van der Waals surface area contributed by atoms with Crippen molar-refractivity contribution in [1.82, 2.24) is 15.0 Å². The Morgan fingerprint density at radius 2 is 2.15 bits per heavy atom. The highest BCUT2D eigenvalue weighted by Gasteiger charge is 2.09. The van der Waals surface area contributed by atoms with Crippen molar-refractivity contribution >= 4 is 22.6 Å². The fraction of sp³-hybridized carbons (Fsp3) is 0.200. The van der Waals surface area contributed by atoms with E-state index in [0.717, 1.165) is 34.5 Å². The molecule has 0 amide bonds. The van der Waals surface area contributed by atoms with Crippen LogP contribution in [0.4, 0.5) is 0 Å². The molecular formula is C15H14ClN3O. The van der Waals surface area contributed by atoms with Crippen molar-refractivity contribution in [2.24, 2.45) is 0 Å². The van der Waals surface area contributed by atoms with Crippen molar-refractivity contribution in [1.29, 1.82) is 0 Å². The Morgan fingerprint density at radius 1 is 1.30 bits per heavy atom. The quantitative estimate of drug-likeness (QED) is 0.750. The van der Waals surface area contributed by atoms with Gasteiger partial charge in [-0.05, 0) is 30.2 Å². The second-order valence-corrected chi connectivity index (χ2v) is 5.03. The van der Waals surface area contributed by atoms with Gasteiger partial charge in [0.05, 0.1) is 13.3 Å². The molecule has 20 heavy (non-hydrogen) atoms. The molecule has 0 unspecified atom stereocenters. The monoisotopic (exact) mass is 287 g/mol. The molecule has 3 aromatic heterocycles. The van der Waals surface area contributed by atoms with Crippen LogP contribution in [0.25, 0.3) is 11.0 Å². The Balaban J connectivity index is 2.01. The van der Waals surface area contributed by atoms with Gasteiger partial charge in [-0.3, -0.25) is 0 Å². The molecule has 0 aliphatic rings. The smallest absolute Gasteiger partial charge is 0.137 e. The molecule has 1 N–H and O–H groups in total. The van der Waals surface area contributed by atoms with Crippen molar-refractivity contribution in [3.05, 3.63) is 52.6 Å². The lowest BCUT2D eigenvalue weighted by Gasteiger charge is -2.05. The van der Waals surface area contributed by atoms with Crippen molar-refractivity contribution in [2.75, 3.05) is 7.11 Å². The van der Waals surface area contributed by atoms with Crippen LogP contribution in [0, 0.1) is 6.92 Å². The van der Waals surface area contributed by atoms with Gasteiger partial charge in [-0.1, -0.05) is 17.7 Å². The van der Waals surface area contributed by atoms with Crippen molar-refractivity contribution in [2.45, 2.75) is 13.3 Å². The largest absolute Gasteiger partial charge is 0.495 e. The van der Waals surface area contributed by atoms with Crippen LogP contribution in [0.15, 0.2) is 30.6 Å². The first-order chi connectivity index (χ1) is 9.67. The number of pyridine rings is 2. The average Bonchev–Trinajstić information content (AvgIpc) is 2.84. The van der Waals surface area contributed by atoms with Gasteiger partial charge in [0.25, 0.3) is 0 Å². The normalized spacial score (nSPS) is 10.9. The third-order valence-corrected chi connectivity index (χ3v) is 3.58. The number of halogens is 1. The third-order valence-electron chi connectivity index (χ3n) is 3.37. The second kappa shape index (κ2) is 5.13. The molecule has 0 aromatic carbocycles. The molecule has 0 atom stereocenters. The van der Waals surface area contributed by atoms with Gasteiger partial charge < -0.3 is 9.72 Å². The van der Waals surface area contributed by atoms with E-state index in [1.165, 1.54) is 5.56 Å². The number of hydrogen-bond donors (Lipinski definition) is 1. The number of hydrogen-bond acceptors (Lipinski definition) is 3. The van der Waals surface area contributed by atoms with E-state index in [9.17, 15) is 0 Å². The Hall–Kier alpha value is -2.07. The van der Waals surface area contributed by atoms with Crippen LogP contribution in [-0.2, 0) is 6.42 Å². The lowest BCUT2D eigenvalue weighted by molar-refractivity contribution is 0.413. The Bertz CT molecular complexity index is 767. The first-order valence-corrected chi connectivity index (χ1v) is 6.67. The van der Waals surface area contributed by atoms with Gasteiger partial charge >= 0.3 is 0 Å². The van der Waals surface area contributed by atoms with Crippen molar-refractivity contribution < 1.29 is 4.74 Å². The molecule has 102 valence electrons. The van der Waals surface area contributed by atoms with Gasteiger partial charge in [0.2, 0.25) is 0 Å². The van der Waals surface area contributed by atoms with E-state index >= 15 is 0 Å². The van der Waals surface area contributed by atoms with Crippen LogP contribution in [0.3, 0.4) is 0 Å². The fourth-order valence-corrected chi connectivity index (χ4v) is 2.44. The lowest BCUT2D eigenvalue weighted by atomic mass is 10.0. The van der Waals surface area contributed by atoms with Crippen LogP contribution in [0.5, 0.6) is 5.75 Å². The number of aromatic amines is 1. The summed E-state index contributed by atoms with van der Waals surface area (Å²) in [5, 5.41) is 1.59. The minimum absolute atomic E-state index is 0.522. The van der Waals surface area contributed by atoms with Gasteiger partial charge in [-0.2, -0.15) is 0 Å². The predicted octanol–water partition coefficient (Wildman–Crippen LogP) is 3.52. The second-order valence-electron chi connectivity index (χ2n) is 4.64. The topological polar surface area (TPSA) is 50.8 Å². The fourth-order valence-electron chi connectivity index (χ4n) is 2.25. The van der Waals surface area contributed by atoms with Gasteiger partial charge in [-0.15, -0.1) is 0 Å². The molecule has 3 aromatic rings. The summed E-state index contributed by atoms with van der Waals surface area (Å²) in [7, 11) is 1.64. The number of ether oxygens (including phenoxy) is 1. The molecule has 4 nitrogen and oxygen atoms in total. The maximum atomic E-state index is 5.89. The molecule has 0 aliphatic heterocycles. The molecule has 0 bridgehead atoms. The van der Waals surface area contributed by atoms with Gasteiger partial charge in [0.15, 0.2) is 0 Å². The van der Waals surface area contributed by atoms with Gasteiger partial charge in [-0.25, -0.2) is 9.97 Å². The maximum Gasteiger partial charge on any atom is 0.137 e. The number of nitrogens with one attached hydrogen (secondary N) is 1. The third kappa shape index (κ3) is 2.34. The molecule has 0 fully saturated rings. The number of aryl methyl sites for hydroxylation is 1. The van der Waals surface area contributed by atoms with Crippen LogP contribution >= 0.6 is 11.6 Å². The summed E-state index contributed by atoms with van der Waals surface area (Å²) in [5.41, 5.74) is 4.12. The number of methoxy groups -OCH3 is 1. The van der Waals surface area contributed by atoms with Crippen LogP contribution in [0.2, 0.25) is 5.15 Å². The van der Waals surface area contributed by atoms with E-state index in [1.54, 1.807) is 13.3 Å². The van der Waals surface area contributed by atoms with E-state index in [0.29, 0.717) is 5.15 Å². The number of nitrogens with zero attached hydrogens (tertiary/aromatic N) is 2. The zero-order valence-electron chi connectivity index (χ0n) is 11.3. The van der Waals surface area contributed by atoms with Crippen LogP contribution in [0.1, 0.15) is 16.8 Å². The Kier molecular flexibility index (Phi) is 3.32. The number of fused-ring (bicyclic) bond motifs is 1. The highest BCUT2D eigenvalue weighted by Crippen LogP contribution is 2.24. The summed E-state index contributed by atoms with van der Waals surface area (Å²) in [4.78, 5) is 11.8. The molecule has 0 saturated carbocycles. The zero-order chi connectivity index (χ0) is 14.1. The van der Waals surface area contributed by atoms with Crippen molar-refractivity contribution in [3.8, 4) is 5.75 Å². The van der Waals surface area contributed by atoms with Crippen LogP contribution in [-0.4, -0.2) is 22.1 Å². The van der Waals surface area contributed by atoms with E-state index in [-0.39, 0.29) is 0 Å². The summed E-state index contributed by atoms with van der Waals surface area (Å²) in [6, 6.07) is 5.82. The number of H-pyrrole nitrogens is 1. The van der Waals surface area contributed by atoms with Gasteiger partial charge in [0.1, 0.15) is 16.5 Å². The number of rotatable bonds is 3. The van der Waals surface area contributed by atoms with Crippen molar-refractivity contribution in [3.63, 3.8) is 0 Å². The molecule has 0 saturated heterocycles. The maximum absolute atomic E-state index is 5.89. The molecule has 0 aliphatic carbocycles. The average molecular weight is 288 g/mol. The Morgan fingerprint density at radius 3 is 2.90 bits per heavy atom. The molecule has 3 rings (SSSR count). The van der Waals surface area contributed by atoms with E-state index in [1.807, 2.05) is 31.3 Å². The first-order valence-electron chi connectivity index (χ1n) is 6.29. The summed E-state index contributed by atoms with van der Waals surface area (Å²) in [6.45, 7) is 1.97. The first kappa shape index (κ1) is 12.9. The standard InChI is InChI=1S/C15H14ClN3O/c1-9-10(3-4-14(16)19-9)5-11-7-17-15-13(11)6-12(20-2)8-18-15/h3-4,6-8H,5H2,1-2H3,(H,17,18). The highest BCUT2D eigenvalue weighted by atomic mass is 35.5. The summed E-state index contributed by atoms with van der Waals surface area (Å²) in [5.74, 6) is 0.754.